The van der Waals surface area contributed by atoms with Crippen molar-refractivity contribution in [2.45, 2.75) is 12.2 Å². The lowest BCUT2D eigenvalue weighted by Gasteiger charge is -2.14. The molecule has 2 unspecified atom stereocenters. The van der Waals surface area contributed by atoms with Gasteiger partial charge in [0.15, 0.2) is 6.10 Å². The van der Waals surface area contributed by atoms with Crippen LogP contribution in [0.4, 0.5) is 10.1 Å². The van der Waals surface area contributed by atoms with Gasteiger partial charge in [-0.05, 0) is 23.8 Å². The van der Waals surface area contributed by atoms with Gasteiger partial charge in [-0.3, -0.25) is 0 Å². The van der Waals surface area contributed by atoms with Gasteiger partial charge in [-0.2, -0.15) is 0 Å². The van der Waals surface area contributed by atoms with Crippen molar-refractivity contribution in [2.75, 3.05) is 5.73 Å². The summed E-state index contributed by atoms with van der Waals surface area (Å²) in [5.74, 6) is -2.30. The van der Waals surface area contributed by atoms with Crippen molar-refractivity contribution in [1.29, 1.82) is 0 Å². The van der Waals surface area contributed by atoms with Crippen molar-refractivity contribution in [3.05, 3.63) is 29.6 Å². The van der Waals surface area contributed by atoms with Gasteiger partial charge in [0, 0.05) is 5.69 Å². The van der Waals surface area contributed by atoms with Gasteiger partial charge in [0.2, 0.25) is 0 Å². The minimum absolute atomic E-state index is 0.0432. The standard InChI is InChI=1S/C9H10FNO4/c10-5-1-4(2-6(11)3-5)7(12)8(13)9(14)15/h1-3,7-8,12-13H,11H2,(H,14,15). The molecule has 1 aromatic carbocycles. The number of nitrogen functional groups attached to an aromatic ring is 1. The van der Waals surface area contributed by atoms with Crippen LogP contribution in [0, 0.1) is 5.82 Å². The van der Waals surface area contributed by atoms with Crippen LogP contribution < -0.4 is 5.73 Å². The molecule has 82 valence electrons. The Hall–Kier alpha value is -1.66. The summed E-state index contributed by atoms with van der Waals surface area (Å²) in [4.78, 5) is 10.3. The largest absolute Gasteiger partial charge is 0.479 e. The Bertz CT molecular complexity index is 362. The highest BCUT2D eigenvalue weighted by Gasteiger charge is 2.25. The molecule has 1 rings (SSSR count). The first-order valence-corrected chi connectivity index (χ1v) is 4.06. The fourth-order valence-corrected chi connectivity index (χ4v) is 1.12. The second-order valence-corrected chi connectivity index (χ2v) is 3.05. The van der Waals surface area contributed by atoms with Gasteiger partial charge < -0.3 is 21.1 Å². The molecular formula is C9H10FNO4. The molecule has 0 aliphatic heterocycles. The molecule has 0 aliphatic rings. The van der Waals surface area contributed by atoms with E-state index < -0.39 is 24.0 Å². The van der Waals surface area contributed by atoms with Crippen LogP contribution in [0.5, 0.6) is 0 Å². The minimum atomic E-state index is -2.01. The summed E-state index contributed by atoms with van der Waals surface area (Å²) in [6.45, 7) is 0. The third-order valence-corrected chi connectivity index (χ3v) is 1.84. The van der Waals surface area contributed by atoms with E-state index in [2.05, 4.69) is 0 Å². The molecule has 0 aromatic heterocycles. The molecule has 0 spiro atoms. The zero-order chi connectivity index (χ0) is 11.6. The molecule has 0 bridgehead atoms. The zero-order valence-corrected chi connectivity index (χ0v) is 7.59. The van der Waals surface area contributed by atoms with Crippen molar-refractivity contribution >= 4 is 11.7 Å². The van der Waals surface area contributed by atoms with Gasteiger partial charge in [0.05, 0.1) is 0 Å². The molecule has 0 saturated heterocycles. The predicted molar refractivity (Wildman–Crippen MR) is 49.4 cm³/mol. The van der Waals surface area contributed by atoms with E-state index in [9.17, 15) is 14.3 Å². The molecule has 0 heterocycles. The van der Waals surface area contributed by atoms with Gasteiger partial charge in [-0.1, -0.05) is 0 Å². The first kappa shape index (κ1) is 11.4. The summed E-state index contributed by atoms with van der Waals surface area (Å²) >= 11 is 0. The van der Waals surface area contributed by atoms with Crippen molar-refractivity contribution in [3.8, 4) is 0 Å². The second-order valence-electron chi connectivity index (χ2n) is 3.05. The molecule has 0 radical (unpaired) electrons. The lowest BCUT2D eigenvalue weighted by molar-refractivity contribution is -0.153. The lowest BCUT2D eigenvalue weighted by Crippen LogP contribution is -2.27. The smallest absolute Gasteiger partial charge is 0.335 e. The number of anilines is 1. The zero-order valence-electron chi connectivity index (χ0n) is 7.59. The summed E-state index contributed by atoms with van der Waals surface area (Å²) in [7, 11) is 0. The first-order valence-electron chi connectivity index (χ1n) is 4.06. The van der Waals surface area contributed by atoms with E-state index in [-0.39, 0.29) is 11.3 Å². The number of carboxylic acid groups (broad SMARTS) is 1. The molecule has 5 nitrogen and oxygen atoms in total. The van der Waals surface area contributed by atoms with Crippen molar-refractivity contribution in [3.63, 3.8) is 0 Å². The number of hydrogen-bond acceptors (Lipinski definition) is 4. The maximum atomic E-state index is 12.8. The average molecular weight is 215 g/mol. The number of rotatable bonds is 3. The lowest BCUT2D eigenvalue weighted by atomic mass is 10.0. The van der Waals surface area contributed by atoms with Crippen molar-refractivity contribution in [2.24, 2.45) is 0 Å². The molecule has 1 aromatic rings. The normalized spacial score (nSPS) is 14.6. The van der Waals surface area contributed by atoms with E-state index in [1.54, 1.807) is 0 Å². The van der Waals surface area contributed by atoms with Crippen LogP contribution in [-0.2, 0) is 4.79 Å². The summed E-state index contributed by atoms with van der Waals surface area (Å²) in [6.07, 6.45) is -3.72. The van der Waals surface area contributed by atoms with Gasteiger partial charge in [0.25, 0.3) is 0 Å². The van der Waals surface area contributed by atoms with Gasteiger partial charge in [-0.25, -0.2) is 9.18 Å². The SMILES string of the molecule is Nc1cc(F)cc(C(O)C(O)C(=O)O)c1. The van der Waals surface area contributed by atoms with Crippen molar-refractivity contribution in [1.82, 2.24) is 0 Å². The van der Waals surface area contributed by atoms with Crippen LogP contribution in [0.15, 0.2) is 18.2 Å². The van der Waals surface area contributed by atoms with E-state index in [1.165, 1.54) is 6.07 Å². The number of halogens is 1. The van der Waals surface area contributed by atoms with E-state index in [4.69, 9.17) is 15.9 Å². The second kappa shape index (κ2) is 4.24. The number of carboxylic acids is 1. The van der Waals surface area contributed by atoms with Gasteiger partial charge in [0.1, 0.15) is 11.9 Å². The number of nitrogens with two attached hydrogens (primary N) is 1. The van der Waals surface area contributed by atoms with E-state index in [1.807, 2.05) is 0 Å². The summed E-state index contributed by atoms with van der Waals surface area (Å²) in [5, 5.41) is 26.8. The summed E-state index contributed by atoms with van der Waals surface area (Å²) in [5.41, 5.74) is 5.26. The van der Waals surface area contributed by atoms with Gasteiger partial charge >= 0.3 is 5.97 Å². The van der Waals surface area contributed by atoms with E-state index in [0.717, 1.165) is 12.1 Å². The maximum Gasteiger partial charge on any atom is 0.335 e. The molecule has 0 saturated carbocycles. The number of benzene rings is 1. The number of hydrogen-bond donors (Lipinski definition) is 4. The number of aliphatic carboxylic acids is 1. The Morgan fingerprint density at radius 2 is 1.93 bits per heavy atom. The molecule has 0 aliphatic carbocycles. The highest BCUT2D eigenvalue weighted by atomic mass is 19.1. The number of carbonyl (C=O) groups is 1. The number of aliphatic hydroxyl groups is 2. The third-order valence-electron chi connectivity index (χ3n) is 1.84. The molecule has 15 heavy (non-hydrogen) atoms. The molecule has 0 fully saturated rings. The van der Waals surface area contributed by atoms with Crippen LogP contribution in [-0.4, -0.2) is 27.4 Å². The van der Waals surface area contributed by atoms with Crippen LogP contribution in [0.2, 0.25) is 0 Å². The van der Waals surface area contributed by atoms with Crippen LogP contribution in [0.1, 0.15) is 11.7 Å². The average Bonchev–Trinajstić information content (AvgIpc) is 2.13. The Kier molecular flexibility index (Phi) is 3.23. The summed E-state index contributed by atoms with van der Waals surface area (Å²) in [6, 6.07) is 3.12. The highest BCUT2D eigenvalue weighted by molar-refractivity contribution is 5.73. The topological polar surface area (TPSA) is 104 Å². The summed E-state index contributed by atoms with van der Waals surface area (Å²) < 4.78 is 12.8. The van der Waals surface area contributed by atoms with Crippen LogP contribution in [0.3, 0.4) is 0 Å². The first-order chi connectivity index (χ1) is 6.91. The fourth-order valence-electron chi connectivity index (χ4n) is 1.12. The Labute approximate surface area is 84.6 Å². The molecule has 6 heteroatoms. The van der Waals surface area contributed by atoms with E-state index in [0.29, 0.717) is 0 Å². The molecular weight excluding hydrogens is 205 g/mol. The Morgan fingerprint density at radius 3 is 2.40 bits per heavy atom. The van der Waals surface area contributed by atoms with E-state index >= 15 is 0 Å². The fraction of sp³-hybridized carbons (Fsp3) is 0.222. The molecule has 5 N–H and O–H groups in total. The van der Waals surface area contributed by atoms with Gasteiger partial charge in [-0.15, -0.1) is 0 Å². The molecule has 2 atom stereocenters. The minimum Gasteiger partial charge on any atom is -0.479 e. The van der Waals surface area contributed by atoms with Crippen LogP contribution in [0.25, 0.3) is 0 Å². The highest BCUT2D eigenvalue weighted by Crippen LogP contribution is 2.20. The maximum absolute atomic E-state index is 12.8. The Balaban J connectivity index is 3.00. The molecule has 0 amide bonds. The number of aliphatic hydroxyl groups excluding tert-OH is 2. The quantitative estimate of drug-likeness (QED) is 0.526. The monoisotopic (exact) mass is 215 g/mol. The van der Waals surface area contributed by atoms with Crippen LogP contribution >= 0.6 is 0 Å². The Morgan fingerprint density at radius 1 is 1.33 bits per heavy atom. The van der Waals surface area contributed by atoms with Crippen molar-refractivity contribution < 1.29 is 24.5 Å². The third kappa shape index (κ3) is 2.64. The predicted octanol–water partition coefficient (Wildman–Crippen LogP) is -0.113.